The number of rotatable bonds is 6. The SMILES string of the molecule is CCC(NS(=O)(=O)c1ccc(C)c(CN)c1)c1ncc[nH]1. The number of aromatic nitrogens is 2. The van der Waals surface area contributed by atoms with E-state index in [9.17, 15) is 8.42 Å². The lowest BCUT2D eigenvalue weighted by atomic mass is 10.1. The first-order chi connectivity index (χ1) is 9.97. The minimum absolute atomic E-state index is 0.221. The van der Waals surface area contributed by atoms with Gasteiger partial charge in [-0.2, -0.15) is 0 Å². The summed E-state index contributed by atoms with van der Waals surface area (Å²) < 4.78 is 27.6. The molecule has 1 atom stereocenters. The predicted molar refractivity (Wildman–Crippen MR) is 81.0 cm³/mol. The predicted octanol–water partition coefficient (Wildman–Crippen LogP) is 1.61. The molecule has 7 heteroatoms. The summed E-state index contributed by atoms with van der Waals surface area (Å²) in [7, 11) is -3.61. The number of nitrogens with zero attached hydrogens (tertiary/aromatic N) is 1. The standard InChI is InChI=1S/C14H20N4O2S/c1-3-13(14-16-6-7-17-14)18-21(19,20)12-5-4-10(2)11(8-12)9-15/h4-8,13,18H,3,9,15H2,1-2H3,(H,16,17). The van der Waals surface area contributed by atoms with Crippen molar-refractivity contribution in [2.24, 2.45) is 5.73 Å². The second-order valence-electron chi connectivity index (χ2n) is 4.85. The maximum Gasteiger partial charge on any atom is 0.241 e. The Hall–Kier alpha value is -1.70. The van der Waals surface area contributed by atoms with Crippen LogP contribution in [0.5, 0.6) is 0 Å². The van der Waals surface area contributed by atoms with E-state index in [1.54, 1.807) is 30.6 Å². The van der Waals surface area contributed by atoms with Crippen LogP contribution in [0, 0.1) is 6.92 Å². The third-order valence-corrected chi connectivity index (χ3v) is 4.88. The monoisotopic (exact) mass is 308 g/mol. The Morgan fingerprint density at radius 3 is 2.76 bits per heavy atom. The first-order valence-corrected chi connectivity index (χ1v) is 8.27. The van der Waals surface area contributed by atoms with E-state index in [-0.39, 0.29) is 10.9 Å². The van der Waals surface area contributed by atoms with Gasteiger partial charge in [-0.15, -0.1) is 0 Å². The fraction of sp³-hybridized carbons (Fsp3) is 0.357. The summed E-state index contributed by atoms with van der Waals surface area (Å²) in [5.41, 5.74) is 7.44. The van der Waals surface area contributed by atoms with Crippen molar-refractivity contribution < 1.29 is 8.42 Å². The Morgan fingerprint density at radius 2 is 2.19 bits per heavy atom. The van der Waals surface area contributed by atoms with Crippen LogP contribution in [-0.2, 0) is 16.6 Å². The fourth-order valence-corrected chi connectivity index (χ4v) is 3.42. The molecule has 0 amide bonds. The summed E-state index contributed by atoms with van der Waals surface area (Å²) in [6.07, 6.45) is 3.87. The van der Waals surface area contributed by atoms with Crippen LogP contribution in [0.4, 0.5) is 0 Å². The highest BCUT2D eigenvalue weighted by molar-refractivity contribution is 7.89. The molecule has 0 aliphatic carbocycles. The molecule has 21 heavy (non-hydrogen) atoms. The van der Waals surface area contributed by atoms with Crippen LogP contribution < -0.4 is 10.5 Å². The summed E-state index contributed by atoms with van der Waals surface area (Å²) >= 11 is 0. The number of sulfonamides is 1. The molecule has 114 valence electrons. The molecular formula is C14H20N4O2S. The van der Waals surface area contributed by atoms with Crippen LogP contribution in [0.2, 0.25) is 0 Å². The molecule has 2 aromatic rings. The number of imidazole rings is 1. The quantitative estimate of drug-likeness (QED) is 0.754. The van der Waals surface area contributed by atoms with Gasteiger partial charge in [0.1, 0.15) is 5.82 Å². The molecule has 0 saturated carbocycles. The van der Waals surface area contributed by atoms with Gasteiger partial charge in [-0.1, -0.05) is 13.0 Å². The van der Waals surface area contributed by atoms with E-state index in [4.69, 9.17) is 5.73 Å². The van der Waals surface area contributed by atoms with E-state index in [1.165, 1.54) is 0 Å². The minimum atomic E-state index is -3.61. The number of nitrogens with two attached hydrogens (primary N) is 1. The zero-order valence-electron chi connectivity index (χ0n) is 12.1. The van der Waals surface area contributed by atoms with Crippen molar-refractivity contribution in [2.45, 2.75) is 37.8 Å². The maximum absolute atomic E-state index is 12.5. The average Bonchev–Trinajstić information content (AvgIpc) is 2.99. The second kappa shape index (κ2) is 6.38. The first kappa shape index (κ1) is 15.7. The van der Waals surface area contributed by atoms with Crippen molar-refractivity contribution >= 4 is 10.0 Å². The van der Waals surface area contributed by atoms with Crippen LogP contribution in [0.25, 0.3) is 0 Å². The average molecular weight is 308 g/mol. The van der Waals surface area contributed by atoms with Gasteiger partial charge in [0, 0.05) is 18.9 Å². The third kappa shape index (κ3) is 3.49. The number of H-pyrrole nitrogens is 1. The maximum atomic E-state index is 12.5. The largest absolute Gasteiger partial charge is 0.347 e. The topological polar surface area (TPSA) is 101 Å². The van der Waals surface area contributed by atoms with Crippen molar-refractivity contribution in [3.05, 3.63) is 47.5 Å². The minimum Gasteiger partial charge on any atom is -0.347 e. The highest BCUT2D eigenvalue weighted by atomic mass is 32.2. The van der Waals surface area contributed by atoms with Crippen molar-refractivity contribution in [2.75, 3.05) is 0 Å². The van der Waals surface area contributed by atoms with Crippen LogP contribution in [-0.4, -0.2) is 18.4 Å². The number of hydrogen-bond donors (Lipinski definition) is 3. The molecule has 0 bridgehead atoms. The van der Waals surface area contributed by atoms with E-state index in [0.717, 1.165) is 11.1 Å². The van der Waals surface area contributed by atoms with E-state index < -0.39 is 10.0 Å². The van der Waals surface area contributed by atoms with Crippen molar-refractivity contribution in [1.29, 1.82) is 0 Å². The fourth-order valence-electron chi connectivity index (χ4n) is 2.09. The molecule has 1 aromatic heterocycles. The zero-order chi connectivity index (χ0) is 15.5. The Morgan fingerprint density at radius 1 is 1.43 bits per heavy atom. The Kier molecular flexibility index (Phi) is 4.76. The van der Waals surface area contributed by atoms with Crippen molar-refractivity contribution in [1.82, 2.24) is 14.7 Å². The molecule has 6 nitrogen and oxygen atoms in total. The number of hydrogen-bond acceptors (Lipinski definition) is 4. The lowest BCUT2D eigenvalue weighted by Gasteiger charge is -2.16. The molecule has 0 spiro atoms. The number of aromatic amines is 1. The van der Waals surface area contributed by atoms with Gasteiger partial charge in [0.25, 0.3) is 0 Å². The smallest absolute Gasteiger partial charge is 0.241 e. The third-order valence-electron chi connectivity index (χ3n) is 3.41. The Labute approximate surface area is 124 Å². The normalized spacial score (nSPS) is 13.3. The highest BCUT2D eigenvalue weighted by Crippen LogP contribution is 2.19. The number of nitrogens with one attached hydrogen (secondary N) is 2. The summed E-state index contributed by atoms with van der Waals surface area (Å²) in [6.45, 7) is 4.12. The van der Waals surface area contributed by atoms with Gasteiger partial charge in [-0.05, 0) is 36.6 Å². The van der Waals surface area contributed by atoms with Crippen LogP contribution in [0.15, 0.2) is 35.5 Å². The van der Waals surface area contributed by atoms with Gasteiger partial charge in [-0.25, -0.2) is 18.1 Å². The number of aryl methyl sites for hydroxylation is 1. The van der Waals surface area contributed by atoms with Crippen LogP contribution in [0.3, 0.4) is 0 Å². The van der Waals surface area contributed by atoms with E-state index in [1.807, 2.05) is 13.8 Å². The van der Waals surface area contributed by atoms with Crippen LogP contribution >= 0.6 is 0 Å². The zero-order valence-corrected chi connectivity index (χ0v) is 12.9. The van der Waals surface area contributed by atoms with Gasteiger partial charge in [0.15, 0.2) is 0 Å². The van der Waals surface area contributed by atoms with Gasteiger partial charge in [-0.3, -0.25) is 0 Å². The second-order valence-corrected chi connectivity index (χ2v) is 6.56. The van der Waals surface area contributed by atoms with Gasteiger partial charge in [0.05, 0.1) is 10.9 Å². The summed E-state index contributed by atoms with van der Waals surface area (Å²) in [5.74, 6) is 0.604. The molecule has 0 aliphatic rings. The first-order valence-electron chi connectivity index (χ1n) is 6.79. The molecule has 0 radical (unpaired) electrons. The van der Waals surface area contributed by atoms with Crippen LogP contribution in [0.1, 0.15) is 36.3 Å². The van der Waals surface area contributed by atoms with Gasteiger partial charge in [0.2, 0.25) is 10.0 Å². The molecule has 0 fully saturated rings. The van der Waals surface area contributed by atoms with E-state index in [0.29, 0.717) is 18.8 Å². The summed E-state index contributed by atoms with van der Waals surface area (Å²) in [4.78, 5) is 7.27. The number of benzene rings is 1. The molecule has 0 saturated heterocycles. The molecular weight excluding hydrogens is 288 g/mol. The molecule has 2 rings (SSSR count). The van der Waals surface area contributed by atoms with Crippen molar-refractivity contribution in [3.8, 4) is 0 Å². The molecule has 4 N–H and O–H groups in total. The molecule has 1 unspecified atom stereocenters. The van der Waals surface area contributed by atoms with E-state index >= 15 is 0 Å². The Balaban J connectivity index is 2.29. The van der Waals surface area contributed by atoms with E-state index in [2.05, 4.69) is 14.7 Å². The Bertz CT molecular complexity index is 696. The summed E-state index contributed by atoms with van der Waals surface area (Å²) in [5, 5.41) is 0. The van der Waals surface area contributed by atoms with Gasteiger partial charge >= 0.3 is 0 Å². The van der Waals surface area contributed by atoms with Crippen molar-refractivity contribution in [3.63, 3.8) is 0 Å². The molecule has 1 aromatic carbocycles. The van der Waals surface area contributed by atoms with Gasteiger partial charge < -0.3 is 10.7 Å². The highest BCUT2D eigenvalue weighted by Gasteiger charge is 2.22. The lowest BCUT2D eigenvalue weighted by Crippen LogP contribution is -2.29. The molecule has 1 heterocycles. The summed E-state index contributed by atoms with van der Waals surface area (Å²) in [6, 6.07) is 4.59. The molecule has 0 aliphatic heterocycles. The lowest BCUT2D eigenvalue weighted by molar-refractivity contribution is 0.539.